The maximum atomic E-state index is 5.05. The quantitative estimate of drug-likeness (QED) is 0.710. The van der Waals surface area contributed by atoms with Gasteiger partial charge in [0.1, 0.15) is 0 Å². The molecule has 0 saturated heterocycles. The predicted octanol–water partition coefficient (Wildman–Crippen LogP) is 4.44. The lowest BCUT2D eigenvalue weighted by molar-refractivity contribution is 0.407. The summed E-state index contributed by atoms with van der Waals surface area (Å²) in [6, 6.07) is 0. The van der Waals surface area contributed by atoms with Gasteiger partial charge in [0.25, 0.3) is 0 Å². The van der Waals surface area contributed by atoms with Crippen LogP contribution in [0.4, 0.5) is 0 Å². The van der Waals surface area contributed by atoms with Gasteiger partial charge in [0, 0.05) is 17.3 Å². The van der Waals surface area contributed by atoms with E-state index in [1.54, 1.807) is 11.1 Å². The minimum atomic E-state index is 0.264. The summed E-state index contributed by atoms with van der Waals surface area (Å²) in [6.45, 7) is 9.40. The molecule has 1 heterocycles. The number of hydrogen-bond acceptors (Lipinski definition) is 1. The SMILES string of the molecule is Cc1c(C2CCC2)nc2c(c1C(C)(C)C)CCC2. The van der Waals surface area contributed by atoms with Gasteiger partial charge in [0.2, 0.25) is 0 Å². The number of nitrogens with zero attached hydrogens (tertiary/aromatic N) is 1. The number of aryl methyl sites for hydroxylation is 1. The summed E-state index contributed by atoms with van der Waals surface area (Å²) >= 11 is 0. The van der Waals surface area contributed by atoms with Gasteiger partial charge in [-0.15, -0.1) is 0 Å². The Kier molecular flexibility index (Phi) is 2.76. The highest BCUT2D eigenvalue weighted by atomic mass is 14.8. The zero-order valence-electron chi connectivity index (χ0n) is 12.3. The molecule has 2 aliphatic carbocycles. The Morgan fingerprint density at radius 3 is 2.33 bits per heavy atom. The molecule has 0 unspecified atom stereocenters. The Hall–Kier alpha value is -0.850. The molecule has 0 spiro atoms. The normalized spacial score (nSPS) is 19.8. The molecule has 0 atom stereocenters. The van der Waals surface area contributed by atoms with Crippen LogP contribution in [0.5, 0.6) is 0 Å². The Morgan fingerprint density at radius 2 is 1.78 bits per heavy atom. The van der Waals surface area contributed by atoms with Crippen molar-refractivity contribution >= 4 is 0 Å². The number of pyridine rings is 1. The zero-order chi connectivity index (χ0) is 12.9. The molecule has 1 heteroatoms. The molecule has 1 aromatic rings. The van der Waals surface area contributed by atoms with Crippen molar-refractivity contribution in [3.05, 3.63) is 28.1 Å². The predicted molar refractivity (Wildman–Crippen MR) is 76.3 cm³/mol. The Balaban J connectivity index is 2.18. The fraction of sp³-hybridized carbons (Fsp3) is 0.706. The van der Waals surface area contributed by atoms with Gasteiger partial charge in [-0.2, -0.15) is 0 Å². The number of rotatable bonds is 1. The van der Waals surface area contributed by atoms with E-state index in [-0.39, 0.29) is 5.41 Å². The van der Waals surface area contributed by atoms with Gasteiger partial charge in [0.15, 0.2) is 0 Å². The average Bonchev–Trinajstić information content (AvgIpc) is 2.60. The van der Waals surface area contributed by atoms with Crippen LogP contribution in [-0.2, 0) is 18.3 Å². The van der Waals surface area contributed by atoms with Gasteiger partial charge in [0.05, 0.1) is 0 Å². The minimum Gasteiger partial charge on any atom is -0.257 e. The second kappa shape index (κ2) is 4.08. The first-order chi connectivity index (χ1) is 8.48. The van der Waals surface area contributed by atoms with Crippen LogP contribution in [0, 0.1) is 6.92 Å². The molecule has 98 valence electrons. The lowest BCUT2D eigenvalue weighted by atomic mass is 9.75. The van der Waals surface area contributed by atoms with Gasteiger partial charge < -0.3 is 0 Å². The standard InChI is InChI=1S/C17H25N/c1-11-15(17(2,3)4)13-9-6-10-14(13)18-16(11)12-7-5-8-12/h12H,5-10H2,1-4H3. The fourth-order valence-corrected chi connectivity index (χ4v) is 3.80. The van der Waals surface area contributed by atoms with E-state index in [0.717, 1.165) is 5.92 Å². The maximum absolute atomic E-state index is 5.05. The van der Waals surface area contributed by atoms with Crippen LogP contribution in [0.2, 0.25) is 0 Å². The lowest BCUT2D eigenvalue weighted by Gasteiger charge is -2.32. The molecule has 0 radical (unpaired) electrons. The van der Waals surface area contributed by atoms with Gasteiger partial charge >= 0.3 is 0 Å². The van der Waals surface area contributed by atoms with Crippen molar-refractivity contribution in [3.8, 4) is 0 Å². The van der Waals surface area contributed by atoms with E-state index >= 15 is 0 Å². The molecule has 0 aromatic carbocycles. The number of aromatic nitrogens is 1. The topological polar surface area (TPSA) is 12.9 Å². The molecule has 0 N–H and O–H groups in total. The molecule has 2 aliphatic rings. The third-order valence-corrected chi connectivity index (χ3v) is 4.75. The fourth-order valence-electron chi connectivity index (χ4n) is 3.80. The summed E-state index contributed by atoms with van der Waals surface area (Å²) in [5.41, 5.74) is 7.84. The average molecular weight is 243 g/mol. The second-order valence-electron chi connectivity index (χ2n) is 7.15. The molecule has 3 rings (SSSR count). The highest BCUT2D eigenvalue weighted by Gasteiger charge is 2.31. The van der Waals surface area contributed by atoms with Crippen LogP contribution in [0.3, 0.4) is 0 Å². The molecule has 1 fully saturated rings. The molecule has 0 aliphatic heterocycles. The molecule has 0 amide bonds. The van der Waals surface area contributed by atoms with Crippen LogP contribution in [0.1, 0.15) is 80.5 Å². The highest BCUT2D eigenvalue weighted by Crippen LogP contribution is 2.42. The molecule has 1 saturated carbocycles. The monoisotopic (exact) mass is 243 g/mol. The summed E-state index contributed by atoms with van der Waals surface area (Å²) in [5.74, 6) is 0.761. The Labute approximate surface area is 111 Å². The second-order valence-corrected chi connectivity index (χ2v) is 7.15. The van der Waals surface area contributed by atoms with E-state index < -0.39 is 0 Å². The van der Waals surface area contributed by atoms with Crippen molar-refractivity contribution in [2.45, 2.75) is 77.6 Å². The molecule has 0 bridgehead atoms. The van der Waals surface area contributed by atoms with E-state index in [1.807, 2.05) is 0 Å². The maximum Gasteiger partial charge on any atom is 0.0470 e. The summed E-state index contributed by atoms with van der Waals surface area (Å²) in [7, 11) is 0. The number of fused-ring (bicyclic) bond motifs is 1. The van der Waals surface area contributed by atoms with Crippen LogP contribution >= 0.6 is 0 Å². The Morgan fingerprint density at radius 1 is 1.06 bits per heavy atom. The van der Waals surface area contributed by atoms with Crippen molar-refractivity contribution in [1.29, 1.82) is 0 Å². The van der Waals surface area contributed by atoms with E-state index in [2.05, 4.69) is 27.7 Å². The Bertz CT molecular complexity index is 475. The van der Waals surface area contributed by atoms with Crippen molar-refractivity contribution in [2.24, 2.45) is 0 Å². The van der Waals surface area contributed by atoms with Crippen molar-refractivity contribution in [3.63, 3.8) is 0 Å². The summed E-state index contributed by atoms with van der Waals surface area (Å²) in [4.78, 5) is 5.05. The molecule has 1 aromatic heterocycles. The van der Waals surface area contributed by atoms with Crippen LogP contribution in [-0.4, -0.2) is 4.98 Å². The van der Waals surface area contributed by atoms with Crippen molar-refractivity contribution in [2.75, 3.05) is 0 Å². The van der Waals surface area contributed by atoms with E-state index in [4.69, 9.17) is 4.98 Å². The van der Waals surface area contributed by atoms with E-state index in [0.29, 0.717) is 0 Å². The molecule has 1 nitrogen and oxygen atoms in total. The smallest absolute Gasteiger partial charge is 0.0470 e. The first-order valence-electron chi connectivity index (χ1n) is 7.51. The highest BCUT2D eigenvalue weighted by molar-refractivity contribution is 5.47. The first kappa shape index (κ1) is 12.2. The van der Waals surface area contributed by atoms with Crippen molar-refractivity contribution < 1.29 is 0 Å². The summed E-state index contributed by atoms with van der Waals surface area (Å²) in [5, 5.41) is 0. The first-order valence-corrected chi connectivity index (χ1v) is 7.51. The zero-order valence-corrected chi connectivity index (χ0v) is 12.3. The van der Waals surface area contributed by atoms with Gasteiger partial charge in [-0.05, 0) is 61.1 Å². The lowest BCUT2D eigenvalue weighted by Crippen LogP contribution is -2.21. The van der Waals surface area contributed by atoms with Crippen LogP contribution in [0.15, 0.2) is 0 Å². The molecule has 18 heavy (non-hydrogen) atoms. The summed E-state index contributed by atoms with van der Waals surface area (Å²) in [6.07, 6.45) is 7.87. The van der Waals surface area contributed by atoms with Gasteiger partial charge in [-0.1, -0.05) is 27.2 Å². The van der Waals surface area contributed by atoms with E-state index in [9.17, 15) is 0 Å². The third-order valence-electron chi connectivity index (χ3n) is 4.75. The molecular weight excluding hydrogens is 218 g/mol. The largest absolute Gasteiger partial charge is 0.257 e. The van der Waals surface area contributed by atoms with Gasteiger partial charge in [-0.3, -0.25) is 4.98 Å². The summed E-state index contributed by atoms with van der Waals surface area (Å²) < 4.78 is 0. The number of hydrogen-bond donors (Lipinski definition) is 0. The van der Waals surface area contributed by atoms with E-state index in [1.165, 1.54) is 55.5 Å². The van der Waals surface area contributed by atoms with Gasteiger partial charge in [-0.25, -0.2) is 0 Å². The third kappa shape index (κ3) is 1.79. The minimum absolute atomic E-state index is 0.264. The van der Waals surface area contributed by atoms with Crippen molar-refractivity contribution in [1.82, 2.24) is 4.98 Å². The van der Waals surface area contributed by atoms with Crippen LogP contribution < -0.4 is 0 Å². The van der Waals surface area contributed by atoms with Crippen LogP contribution in [0.25, 0.3) is 0 Å². The molecular formula is C17H25N.